The minimum Gasteiger partial charge on any atom is -0.423 e. The first-order valence-corrected chi connectivity index (χ1v) is 9.03. The summed E-state index contributed by atoms with van der Waals surface area (Å²) in [5, 5.41) is 0.477. The highest BCUT2D eigenvalue weighted by Crippen LogP contribution is 2.25. The van der Waals surface area contributed by atoms with Gasteiger partial charge in [-0.1, -0.05) is 17.7 Å². The van der Waals surface area contributed by atoms with Gasteiger partial charge in [0.25, 0.3) is 0 Å². The van der Waals surface area contributed by atoms with E-state index in [1.54, 1.807) is 48.5 Å². The fraction of sp³-hybridized carbons (Fsp3) is 0.188. The highest BCUT2D eigenvalue weighted by atomic mass is 35.5. The van der Waals surface area contributed by atoms with Crippen LogP contribution in [0, 0.1) is 0 Å². The smallest absolute Gasteiger partial charge is 0.343 e. The van der Waals surface area contributed by atoms with Gasteiger partial charge in [-0.05, 0) is 48.9 Å². The summed E-state index contributed by atoms with van der Waals surface area (Å²) in [4.78, 5) is 12.1. The average Bonchev–Trinajstić information content (AvgIpc) is 2.87. The van der Waals surface area contributed by atoms with Crippen LogP contribution >= 0.6 is 11.6 Å². The zero-order valence-electron chi connectivity index (χ0n) is 12.1. The van der Waals surface area contributed by atoms with Crippen molar-refractivity contribution in [2.24, 2.45) is 0 Å². The van der Waals surface area contributed by atoms with Gasteiger partial charge in [-0.2, -0.15) is 0 Å². The van der Waals surface area contributed by atoms with Gasteiger partial charge in [-0.15, -0.1) is 0 Å². The molecule has 1 aliphatic rings. The first-order valence-electron chi connectivity index (χ1n) is 7.04. The second-order valence-corrected chi connectivity index (χ2v) is 7.58. The molecule has 0 unspecified atom stereocenters. The van der Waals surface area contributed by atoms with E-state index in [0.717, 1.165) is 0 Å². The first kappa shape index (κ1) is 15.8. The Balaban J connectivity index is 1.75. The molecular formula is C16H14ClNO4S. The van der Waals surface area contributed by atoms with Crippen molar-refractivity contribution in [3.05, 3.63) is 59.1 Å². The molecule has 0 bridgehead atoms. The Hall–Kier alpha value is -2.05. The van der Waals surface area contributed by atoms with E-state index in [1.165, 1.54) is 4.31 Å². The molecule has 0 aliphatic carbocycles. The minimum atomic E-state index is -3.22. The molecule has 23 heavy (non-hydrogen) atoms. The van der Waals surface area contributed by atoms with Crippen LogP contribution in [0.5, 0.6) is 5.75 Å². The maximum absolute atomic E-state index is 12.1. The quantitative estimate of drug-likeness (QED) is 0.629. The molecule has 0 atom stereocenters. The maximum Gasteiger partial charge on any atom is 0.343 e. The maximum atomic E-state index is 12.1. The summed E-state index contributed by atoms with van der Waals surface area (Å²) in [6, 6.07) is 12.9. The molecule has 0 N–H and O–H groups in total. The minimum absolute atomic E-state index is 0.158. The number of esters is 1. The molecule has 7 heteroatoms. The van der Waals surface area contributed by atoms with Crippen LogP contribution in [0.4, 0.5) is 5.69 Å². The number of hydrogen-bond acceptors (Lipinski definition) is 4. The molecule has 1 aliphatic heterocycles. The van der Waals surface area contributed by atoms with Crippen LogP contribution in [0.15, 0.2) is 48.5 Å². The Kier molecular flexibility index (Phi) is 4.28. The van der Waals surface area contributed by atoms with Gasteiger partial charge in [0.15, 0.2) is 0 Å². The van der Waals surface area contributed by atoms with Crippen molar-refractivity contribution in [1.29, 1.82) is 0 Å². The Morgan fingerprint density at radius 1 is 1.13 bits per heavy atom. The second kappa shape index (κ2) is 6.22. The largest absolute Gasteiger partial charge is 0.423 e. The van der Waals surface area contributed by atoms with Gasteiger partial charge in [-0.25, -0.2) is 13.2 Å². The SMILES string of the molecule is O=C(Oc1cccc(Cl)c1)c1ccc(N2CCCS2(=O)=O)cc1. The molecule has 1 heterocycles. The number of anilines is 1. The lowest BCUT2D eigenvalue weighted by atomic mass is 10.2. The van der Waals surface area contributed by atoms with Crippen LogP contribution in [0.1, 0.15) is 16.8 Å². The first-order chi connectivity index (χ1) is 11.0. The lowest BCUT2D eigenvalue weighted by Crippen LogP contribution is -2.25. The number of halogens is 1. The van der Waals surface area contributed by atoms with Gasteiger partial charge in [0.05, 0.1) is 17.0 Å². The third-order valence-corrected chi connectivity index (χ3v) is 5.60. The summed E-state index contributed by atoms with van der Waals surface area (Å²) in [5.74, 6) is -0.0113. The number of nitrogens with zero attached hydrogens (tertiary/aromatic N) is 1. The monoisotopic (exact) mass is 351 g/mol. The Bertz CT molecular complexity index is 833. The van der Waals surface area contributed by atoms with Crippen LogP contribution in [0.2, 0.25) is 5.02 Å². The number of sulfonamides is 1. The normalized spacial score (nSPS) is 16.3. The van der Waals surface area contributed by atoms with E-state index < -0.39 is 16.0 Å². The summed E-state index contributed by atoms with van der Waals surface area (Å²) in [7, 11) is -3.22. The summed E-state index contributed by atoms with van der Waals surface area (Å²) < 4.78 is 30.3. The second-order valence-electron chi connectivity index (χ2n) is 5.14. The van der Waals surface area contributed by atoms with Crippen LogP contribution in [0.25, 0.3) is 0 Å². The number of carbonyl (C=O) groups is 1. The van der Waals surface area contributed by atoms with E-state index in [-0.39, 0.29) is 5.75 Å². The molecule has 3 rings (SSSR count). The topological polar surface area (TPSA) is 63.7 Å². The predicted octanol–water partition coefficient (Wildman–Crippen LogP) is 3.10. The van der Waals surface area contributed by atoms with E-state index in [0.29, 0.717) is 35.0 Å². The standard InChI is InChI=1S/C16H14ClNO4S/c17-13-3-1-4-15(11-13)22-16(19)12-5-7-14(8-6-12)18-9-2-10-23(18,20)21/h1,3-8,11H,2,9-10H2. The fourth-order valence-electron chi connectivity index (χ4n) is 2.39. The van der Waals surface area contributed by atoms with Gasteiger partial charge < -0.3 is 4.74 Å². The number of hydrogen-bond donors (Lipinski definition) is 0. The molecule has 0 amide bonds. The molecular weight excluding hydrogens is 338 g/mol. The molecule has 2 aromatic rings. The van der Waals surface area contributed by atoms with Gasteiger partial charge in [-0.3, -0.25) is 4.31 Å². The lowest BCUT2D eigenvalue weighted by Gasteiger charge is -2.16. The summed E-state index contributed by atoms with van der Waals surface area (Å²) in [6.45, 7) is 0.467. The van der Waals surface area contributed by atoms with E-state index in [4.69, 9.17) is 16.3 Å². The summed E-state index contributed by atoms with van der Waals surface area (Å²) in [5.41, 5.74) is 0.895. The highest BCUT2D eigenvalue weighted by Gasteiger charge is 2.28. The molecule has 0 radical (unpaired) electrons. The molecule has 1 fully saturated rings. The lowest BCUT2D eigenvalue weighted by molar-refractivity contribution is 0.0735. The van der Waals surface area contributed by atoms with E-state index >= 15 is 0 Å². The van der Waals surface area contributed by atoms with E-state index in [9.17, 15) is 13.2 Å². The van der Waals surface area contributed by atoms with Crippen molar-refractivity contribution in [2.75, 3.05) is 16.6 Å². The van der Waals surface area contributed by atoms with Crippen molar-refractivity contribution >= 4 is 33.3 Å². The molecule has 1 saturated heterocycles. The van der Waals surface area contributed by atoms with Crippen molar-refractivity contribution in [2.45, 2.75) is 6.42 Å². The average molecular weight is 352 g/mol. The van der Waals surface area contributed by atoms with Crippen LogP contribution in [0.3, 0.4) is 0 Å². The molecule has 5 nitrogen and oxygen atoms in total. The van der Waals surface area contributed by atoms with Crippen LogP contribution in [-0.2, 0) is 10.0 Å². The summed E-state index contributed by atoms with van der Waals surface area (Å²) in [6.07, 6.45) is 0.612. The van der Waals surface area contributed by atoms with Crippen molar-refractivity contribution in [1.82, 2.24) is 0 Å². The molecule has 0 spiro atoms. The molecule has 120 valence electrons. The highest BCUT2D eigenvalue weighted by molar-refractivity contribution is 7.93. The zero-order valence-corrected chi connectivity index (χ0v) is 13.7. The van der Waals surface area contributed by atoms with Gasteiger partial charge in [0.2, 0.25) is 10.0 Å². The van der Waals surface area contributed by atoms with Crippen LogP contribution in [-0.4, -0.2) is 26.7 Å². The van der Waals surface area contributed by atoms with Gasteiger partial charge in [0.1, 0.15) is 5.75 Å². The fourth-order valence-corrected chi connectivity index (χ4v) is 4.13. The van der Waals surface area contributed by atoms with Crippen molar-refractivity contribution < 1.29 is 17.9 Å². The number of rotatable bonds is 3. The van der Waals surface area contributed by atoms with Crippen molar-refractivity contribution in [3.63, 3.8) is 0 Å². The third-order valence-electron chi connectivity index (χ3n) is 3.50. The summed E-state index contributed by atoms with van der Waals surface area (Å²) >= 11 is 5.84. The van der Waals surface area contributed by atoms with E-state index in [2.05, 4.69) is 0 Å². The Labute approximate surface area is 139 Å². The van der Waals surface area contributed by atoms with E-state index in [1.807, 2.05) is 0 Å². The third kappa shape index (κ3) is 3.48. The van der Waals surface area contributed by atoms with Crippen molar-refractivity contribution in [3.8, 4) is 5.75 Å². The zero-order chi connectivity index (χ0) is 16.4. The molecule has 0 aromatic heterocycles. The molecule has 2 aromatic carbocycles. The Morgan fingerprint density at radius 2 is 1.87 bits per heavy atom. The predicted molar refractivity (Wildman–Crippen MR) is 88.6 cm³/mol. The van der Waals surface area contributed by atoms with Crippen LogP contribution < -0.4 is 9.04 Å². The van der Waals surface area contributed by atoms with Gasteiger partial charge >= 0.3 is 5.97 Å². The number of ether oxygens (including phenoxy) is 1. The number of benzene rings is 2. The van der Waals surface area contributed by atoms with Gasteiger partial charge in [0, 0.05) is 11.6 Å². The molecule has 0 saturated carbocycles. The number of carbonyl (C=O) groups excluding carboxylic acids is 1. The Morgan fingerprint density at radius 3 is 2.48 bits per heavy atom.